The fourth-order valence-corrected chi connectivity index (χ4v) is 2.82. The van der Waals surface area contributed by atoms with Gasteiger partial charge in [0.2, 0.25) is 0 Å². The largest absolute Gasteiger partial charge is 0.299 e. The summed E-state index contributed by atoms with van der Waals surface area (Å²) in [6.45, 7) is 8.87. The Hall–Kier alpha value is -0.330. The monoisotopic (exact) mass is 210 g/mol. The van der Waals surface area contributed by atoms with Crippen molar-refractivity contribution in [2.24, 2.45) is 23.7 Å². The van der Waals surface area contributed by atoms with E-state index in [-0.39, 0.29) is 0 Å². The molecule has 88 valence electrons. The number of Topliss-reactive ketones (excluding diaryl/α,β-unsaturated/α-hetero) is 1. The summed E-state index contributed by atoms with van der Waals surface area (Å²) in [6, 6.07) is 0. The zero-order valence-electron chi connectivity index (χ0n) is 10.8. The van der Waals surface area contributed by atoms with Crippen molar-refractivity contribution in [3.63, 3.8) is 0 Å². The van der Waals surface area contributed by atoms with Gasteiger partial charge in [-0.05, 0) is 24.7 Å². The molecule has 0 unspecified atom stereocenters. The predicted molar refractivity (Wildman–Crippen MR) is 64.7 cm³/mol. The van der Waals surface area contributed by atoms with Crippen molar-refractivity contribution < 1.29 is 4.79 Å². The second-order valence-corrected chi connectivity index (χ2v) is 5.32. The van der Waals surface area contributed by atoms with Crippen LogP contribution in [0.1, 0.15) is 59.8 Å². The van der Waals surface area contributed by atoms with Crippen LogP contribution in [-0.4, -0.2) is 5.78 Å². The average molecular weight is 210 g/mol. The Bertz CT molecular complexity index is 189. The molecule has 4 atom stereocenters. The zero-order valence-corrected chi connectivity index (χ0v) is 10.8. The number of ketones is 1. The summed E-state index contributed by atoms with van der Waals surface area (Å²) < 4.78 is 0. The van der Waals surface area contributed by atoms with Gasteiger partial charge in [0.25, 0.3) is 0 Å². The summed E-state index contributed by atoms with van der Waals surface area (Å²) in [6.07, 6.45) is 5.82. The van der Waals surface area contributed by atoms with Gasteiger partial charge in [0, 0.05) is 11.8 Å². The van der Waals surface area contributed by atoms with Crippen molar-refractivity contribution in [2.45, 2.75) is 59.8 Å². The van der Waals surface area contributed by atoms with Crippen LogP contribution in [0.3, 0.4) is 0 Å². The average Bonchev–Trinajstić information content (AvgIpc) is 2.27. The second-order valence-electron chi connectivity index (χ2n) is 5.32. The first-order valence-corrected chi connectivity index (χ1v) is 6.65. The minimum absolute atomic E-state index is 0.364. The highest BCUT2D eigenvalue weighted by atomic mass is 16.1. The van der Waals surface area contributed by atoms with E-state index in [1.807, 2.05) is 0 Å². The van der Waals surface area contributed by atoms with Crippen LogP contribution in [-0.2, 0) is 4.79 Å². The van der Waals surface area contributed by atoms with Gasteiger partial charge in [-0.2, -0.15) is 0 Å². The fraction of sp³-hybridized carbons (Fsp3) is 0.929. The van der Waals surface area contributed by atoms with Crippen molar-refractivity contribution >= 4 is 5.78 Å². The molecule has 1 aliphatic carbocycles. The van der Waals surface area contributed by atoms with E-state index in [2.05, 4.69) is 27.7 Å². The Morgan fingerprint density at radius 3 is 1.80 bits per heavy atom. The molecular formula is C14H26O. The van der Waals surface area contributed by atoms with Gasteiger partial charge in [-0.3, -0.25) is 4.79 Å². The first kappa shape index (κ1) is 12.7. The molecule has 0 aromatic heterocycles. The molecule has 1 rings (SSSR count). The lowest BCUT2D eigenvalue weighted by atomic mass is 9.69. The molecule has 0 aromatic rings. The van der Waals surface area contributed by atoms with Crippen LogP contribution in [0.4, 0.5) is 0 Å². The summed E-state index contributed by atoms with van der Waals surface area (Å²) >= 11 is 0. The van der Waals surface area contributed by atoms with Crippen LogP contribution in [0.15, 0.2) is 0 Å². The van der Waals surface area contributed by atoms with Crippen LogP contribution in [0, 0.1) is 23.7 Å². The lowest BCUT2D eigenvalue weighted by Gasteiger charge is -2.34. The summed E-state index contributed by atoms with van der Waals surface area (Å²) in [4.78, 5) is 12.3. The van der Waals surface area contributed by atoms with Crippen LogP contribution in [0.25, 0.3) is 0 Å². The topological polar surface area (TPSA) is 17.1 Å². The standard InChI is InChI=1S/C14H26O/c1-5-10(3)12-8-7-9-13(14(12)15)11(4)6-2/h10-13H,5-9H2,1-4H3/t10-,11+,12+,13-. The Balaban J connectivity index is 2.66. The number of rotatable bonds is 4. The van der Waals surface area contributed by atoms with Crippen LogP contribution >= 0.6 is 0 Å². The minimum Gasteiger partial charge on any atom is -0.299 e. The highest BCUT2D eigenvalue weighted by Crippen LogP contribution is 2.36. The molecule has 15 heavy (non-hydrogen) atoms. The molecule has 0 aliphatic heterocycles. The van der Waals surface area contributed by atoms with Gasteiger partial charge in [0.05, 0.1) is 0 Å². The van der Waals surface area contributed by atoms with E-state index in [0.29, 0.717) is 29.5 Å². The van der Waals surface area contributed by atoms with Crippen molar-refractivity contribution in [2.75, 3.05) is 0 Å². The van der Waals surface area contributed by atoms with Crippen molar-refractivity contribution in [1.29, 1.82) is 0 Å². The maximum atomic E-state index is 12.3. The Labute approximate surface area is 94.6 Å². The normalized spacial score (nSPS) is 31.3. The molecule has 0 radical (unpaired) electrons. The van der Waals surface area contributed by atoms with Gasteiger partial charge in [0.1, 0.15) is 5.78 Å². The first-order valence-electron chi connectivity index (χ1n) is 6.65. The SMILES string of the molecule is CC[C@@H](C)[C@@H]1CCC[C@H]([C@@H](C)CC)C1=O. The number of hydrogen-bond acceptors (Lipinski definition) is 1. The molecule has 1 nitrogen and oxygen atoms in total. The molecule has 1 fully saturated rings. The Morgan fingerprint density at radius 2 is 1.47 bits per heavy atom. The molecule has 1 aliphatic rings. The maximum absolute atomic E-state index is 12.3. The second kappa shape index (κ2) is 5.67. The number of hydrogen-bond donors (Lipinski definition) is 0. The van der Waals surface area contributed by atoms with Gasteiger partial charge < -0.3 is 0 Å². The van der Waals surface area contributed by atoms with Crippen molar-refractivity contribution in [1.82, 2.24) is 0 Å². The first-order chi connectivity index (χ1) is 7.11. The lowest BCUT2D eigenvalue weighted by Crippen LogP contribution is -2.35. The molecular weight excluding hydrogens is 184 g/mol. The lowest BCUT2D eigenvalue weighted by molar-refractivity contribution is -0.132. The van der Waals surface area contributed by atoms with E-state index in [4.69, 9.17) is 0 Å². The molecule has 1 saturated carbocycles. The van der Waals surface area contributed by atoms with E-state index in [0.717, 1.165) is 25.7 Å². The molecule has 0 amide bonds. The summed E-state index contributed by atoms with van der Waals surface area (Å²) in [5.41, 5.74) is 0. The summed E-state index contributed by atoms with van der Waals surface area (Å²) in [5.74, 6) is 2.48. The smallest absolute Gasteiger partial charge is 0.139 e. The third-order valence-electron chi connectivity index (χ3n) is 4.42. The van der Waals surface area contributed by atoms with Gasteiger partial charge in [0.15, 0.2) is 0 Å². The van der Waals surface area contributed by atoms with Crippen LogP contribution in [0.2, 0.25) is 0 Å². The van der Waals surface area contributed by atoms with E-state index >= 15 is 0 Å². The Morgan fingerprint density at radius 1 is 1.07 bits per heavy atom. The quantitative estimate of drug-likeness (QED) is 0.683. The van der Waals surface area contributed by atoms with E-state index in [1.54, 1.807) is 0 Å². The molecule has 0 spiro atoms. The van der Waals surface area contributed by atoms with Gasteiger partial charge in [-0.25, -0.2) is 0 Å². The van der Waals surface area contributed by atoms with Gasteiger partial charge in [-0.1, -0.05) is 47.0 Å². The van der Waals surface area contributed by atoms with Crippen molar-refractivity contribution in [3.8, 4) is 0 Å². The van der Waals surface area contributed by atoms with Gasteiger partial charge in [-0.15, -0.1) is 0 Å². The van der Waals surface area contributed by atoms with E-state index in [9.17, 15) is 4.79 Å². The zero-order chi connectivity index (χ0) is 11.4. The van der Waals surface area contributed by atoms with Gasteiger partial charge >= 0.3 is 0 Å². The number of carbonyl (C=O) groups is 1. The van der Waals surface area contributed by atoms with Crippen LogP contribution in [0.5, 0.6) is 0 Å². The minimum atomic E-state index is 0.364. The predicted octanol–water partition coefficient (Wildman–Crippen LogP) is 4.06. The molecule has 0 aromatic carbocycles. The molecule has 0 heterocycles. The third-order valence-corrected chi connectivity index (χ3v) is 4.42. The maximum Gasteiger partial charge on any atom is 0.139 e. The highest BCUT2D eigenvalue weighted by Gasteiger charge is 2.35. The molecule has 1 heteroatoms. The summed E-state index contributed by atoms with van der Waals surface area (Å²) in [7, 11) is 0. The summed E-state index contributed by atoms with van der Waals surface area (Å²) in [5, 5.41) is 0. The molecule has 0 N–H and O–H groups in total. The van der Waals surface area contributed by atoms with Crippen molar-refractivity contribution in [3.05, 3.63) is 0 Å². The number of carbonyl (C=O) groups excluding carboxylic acids is 1. The Kier molecular flexibility index (Phi) is 4.82. The van der Waals surface area contributed by atoms with Crippen LogP contribution < -0.4 is 0 Å². The highest BCUT2D eigenvalue weighted by molar-refractivity contribution is 5.84. The fourth-order valence-electron chi connectivity index (χ4n) is 2.82. The third kappa shape index (κ3) is 2.83. The molecule has 0 saturated heterocycles. The van der Waals surface area contributed by atoms with E-state index in [1.165, 1.54) is 6.42 Å². The molecule has 0 bridgehead atoms. The van der Waals surface area contributed by atoms with E-state index < -0.39 is 0 Å².